The van der Waals surface area contributed by atoms with E-state index in [1.807, 2.05) is 0 Å². The van der Waals surface area contributed by atoms with Gasteiger partial charge in [0, 0.05) is 25.3 Å². The molecular weight excluding hydrogens is 442 g/mol. The van der Waals surface area contributed by atoms with Gasteiger partial charge in [0.2, 0.25) is 10.0 Å². The van der Waals surface area contributed by atoms with E-state index in [-0.39, 0.29) is 26.8 Å². The van der Waals surface area contributed by atoms with Gasteiger partial charge in [0.15, 0.2) is 0 Å². The van der Waals surface area contributed by atoms with E-state index >= 15 is 0 Å². The number of hydrogen-bond donors (Lipinski definition) is 2. The topological polar surface area (TPSA) is 122 Å². The molecule has 3 rings (SSSR count). The molecule has 0 spiro atoms. The van der Waals surface area contributed by atoms with Gasteiger partial charge in [0.05, 0.1) is 22.5 Å². The summed E-state index contributed by atoms with van der Waals surface area (Å²) < 4.78 is 59.8. The average Bonchev–Trinajstić information content (AvgIpc) is 3.29. The minimum atomic E-state index is -4.02. The first-order chi connectivity index (χ1) is 14.7. The number of rotatable bonds is 8. The summed E-state index contributed by atoms with van der Waals surface area (Å²) in [4.78, 5) is 12.2. The molecule has 0 radical (unpaired) electrons. The highest BCUT2D eigenvalue weighted by molar-refractivity contribution is 7.92. The number of carbonyl (C=O) groups excluding carboxylic acids is 1. The van der Waals surface area contributed by atoms with Crippen molar-refractivity contribution in [3.8, 4) is 5.75 Å². The normalized spacial score (nSPS) is 14.9. The number of anilines is 1. The van der Waals surface area contributed by atoms with Crippen LogP contribution in [0.15, 0.2) is 52.3 Å². The Kier molecular flexibility index (Phi) is 6.87. The third kappa shape index (κ3) is 5.00. The summed E-state index contributed by atoms with van der Waals surface area (Å²) in [6.07, 6.45) is 1.66. The number of methoxy groups -OCH3 is 1. The monoisotopic (exact) mass is 467 g/mol. The van der Waals surface area contributed by atoms with E-state index in [0.29, 0.717) is 19.6 Å². The Morgan fingerprint density at radius 1 is 1.00 bits per heavy atom. The van der Waals surface area contributed by atoms with Crippen molar-refractivity contribution in [1.29, 1.82) is 0 Å². The summed E-state index contributed by atoms with van der Waals surface area (Å²) in [7, 11) is -6.21. The van der Waals surface area contributed by atoms with Crippen LogP contribution >= 0.6 is 0 Å². The molecule has 0 aliphatic carbocycles. The molecule has 1 aliphatic heterocycles. The lowest BCUT2D eigenvalue weighted by atomic mass is 10.2. The predicted octanol–water partition coefficient (Wildman–Crippen LogP) is 2.03. The lowest BCUT2D eigenvalue weighted by Gasteiger charge is -2.16. The molecule has 1 amide bonds. The van der Waals surface area contributed by atoms with Crippen molar-refractivity contribution in [2.24, 2.45) is 0 Å². The summed E-state index contributed by atoms with van der Waals surface area (Å²) in [5.41, 5.74) is 0.301. The van der Waals surface area contributed by atoms with Crippen LogP contribution in [0.25, 0.3) is 0 Å². The van der Waals surface area contributed by atoms with E-state index < -0.39 is 26.0 Å². The molecule has 0 aromatic heterocycles. The van der Waals surface area contributed by atoms with Crippen LogP contribution in [0, 0.1) is 0 Å². The van der Waals surface area contributed by atoms with E-state index in [1.54, 1.807) is 6.92 Å². The molecule has 1 saturated heterocycles. The van der Waals surface area contributed by atoms with E-state index in [9.17, 15) is 21.6 Å². The number of ether oxygens (including phenoxy) is 1. The number of hydrogen-bond acceptors (Lipinski definition) is 6. The second-order valence-electron chi connectivity index (χ2n) is 6.96. The number of sulfonamides is 2. The molecule has 2 aromatic carbocycles. The predicted molar refractivity (Wildman–Crippen MR) is 116 cm³/mol. The van der Waals surface area contributed by atoms with E-state index in [1.165, 1.54) is 53.9 Å². The summed E-state index contributed by atoms with van der Waals surface area (Å²) in [6, 6.07) is 9.52. The highest BCUT2D eigenvalue weighted by Crippen LogP contribution is 2.26. The van der Waals surface area contributed by atoms with E-state index in [4.69, 9.17) is 4.74 Å². The Bertz CT molecular complexity index is 1160. The molecule has 168 valence electrons. The first-order valence-electron chi connectivity index (χ1n) is 9.78. The van der Waals surface area contributed by atoms with Gasteiger partial charge in [-0.25, -0.2) is 16.8 Å². The van der Waals surface area contributed by atoms with Gasteiger partial charge in [-0.1, -0.05) is 0 Å². The van der Waals surface area contributed by atoms with E-state index in [0.717, 1.165) is 12.8 Å². The van der Waals surface area contributed by atoms with Crippen molar-refractivity contribution in [2.75, 3.05) is 31.5 Å². The first kappa shape index (κ1) is 23.0. The SMILES string of the molecule is CCNC(=O)c1cc(S(=O)(=O)Nc2ccc(S(=O)(=O)N3CCCC3)cc2)ccc1OC. The van der Waals surface area contributed by atoms with Gasteiger partial charge >= 0.3 is 0 Å². The largest absolute Gasteiger partial charge is 0.496 e. The number of benzene rings is 2. The highest BCUT2D eigenvalue weighted by atomic mass is 32.2. The van der Waals surface area contributed by atoms with Gasteiger partial charge in [-0.05, 0) is 62.2 Å². The van der Waals surface area contributed by atoms with Crippen molar-refractivity contribution in [3.05, 3.63) is 48.0 Å². The maximum Gasteiger partial charge on any atom is 0.261 e. The Labute approximate surface area is 182 Å². The lowest BCUT2D eigenvalue weighted by molar-refractivity contribution is 0.0952. The van der Waals surface area contributed by atoms with Gasteiger partial charge in [-0.15, -0.1) is 0 Å². The maximum absolute atomic E-state index is 12.8. The van der Waals surface area contributed by atoms with Crippen molar-refractivity contribution in [3.63, 3.8) is 0 Å². The summed E-state index contributed by atoms with van der Waals surface area (Å²) in [6.45, 7) is 3.11. The number of amides is 1. The third-order valence-electron chi connectivity index (χ3n) is 4.87. The Hall–Kier alpha value is -2.63. The molecule has 1 heterocycles. The molecule has 31 heavy (non-hydrogen) atoms. The Morgan fingerprint density at radius 3 is 2.19 bits per heavy atom. The van der Waals surface area contributed by atoms with E-state index in [2.05, 4.69) is 10.0 Å². The van der Waals surface area contributed by atoms with Crippen molar-refractivity contribution >= 4 is 31.6 Å². The zero-order valence-corrected chi connectivity index (χ0v) is 18.9. The zero-order chi connectivity index (χ0) is 22.6. The first-order valence-corrected chi connectivity index (χ1v) is 12.7. The van der Waals surface area contributed by atoms with Crippen molar-refractivity contribution in [2.45, 2.75) is 29.6 Å². The quantitative estimate of drug-likeness (QED) is 0.613. The molecule has 0 unspecified atom stereocenters. The van der Waals surface area contributed by atoms with Crippen LogP contribution in [0.5, 0.6) is 5.75 Å². The number of nitrogens with zero attached hydrogens (tertiary/aromatic N) is 1. The van der Waals surface area contributed by atoms with Crippen molar-refractivity contribution < 1.29 is 26.4 Å². The molecule has 11 heteroatoms. The van der Waals surface area contributed by atoms with Crippen LogP contribution in [0.2, 0.25) is 0 Å². The fourth-order valence-corrected chi connectivity index (χ4v) is 5.88. The van der Waals surface area contributed by atoms with Gasteiger partial charge in [0.25, 0.3) is 15.9 Å². The standard InChI is InChI=1S/C20H25N3O6S2/c1-3-21-20(24)18-14-17(10-11-19(18)29-2)30(25,26)22-15-6-8-16(9-7-15)31(27,28)23-12-4-5-13-23/h6-11,14,22H,3-5,12-13H2,1-2H3,(H,21,24). The Morgan fingerprint density at radius 2 is 1.61 bits per heavy atom. The van der Waals surface area contributed by atoms with Crippen LogP contribution in [0.4, 0.5) is 5.69 Å². The minimum absolute atomic E-state index is 0.0966. The summed E-state index contributed by atoms with van der Waals surface area (Å²) in [5.74, 6) is -0.200. The molecule has 1 fully saturated rings. The second-order valence-corrected chi connectivity index (χ2v) is 10.6. The molecule has 2 N–H and O–H groups in total. The smallest absolute Gasteiger partial charge is 0.261 e. The maximum atomic E-state index is 12.8. The molecule has 0 saturated carbocycles. The third-order valence-corrected chi connectivity index (χ3v) is 8.16. The average molecular weight is 468 g/mol. The molecule has 0 atom stereocenters. The number of carbonyl (C=O) groups is 1. The van der Waals surface area contributed by atoms with Gasteiger partial charge in [-0.2, -0.15) is 4.31 Å². The van der Waals surface area contributed by atoms with Crippen LogP contribution in [-0.4, -0.2) is 53.8 Å². The number of nitrogens with one attached hydrogen (secondary N) is 2. The molecule has 1 aliphatic rings. The molecule has 0 bridgehead atoms. The van der Waals surface area contributed by atoms with Crippen LogP contribution in [-0.2, 0) is 20.0 Å². The van der Waals surface area contributed by atoms with Gasteiger partial charge < -0.3 is 10.1 Å². The van der Waals surface area contributed by atoms with Gasteiger partial charge in [-0.3, -0.25) is 9.52 Å². The lowest BCUT2D eigenvalue weighted by Crippen LogP contribution is -2.27. The second kappa shape index (κ2) is 9.25. The molecule has 9 nitrogen and oxygen atoms in total. The Balaban J connectivity index is 1.84. The summed E-state index contributed by atoms with van der Waals surface area (Å²) in [5, 5.41) is 2.61. The van der Waals surface area contributed by atoms with Crippen LogP contribution in [0.3, 0.4) is 0 Å². The summed E-state index contributed by atoms with van der Waals surface area (Å²) >= 11 is 0. The zero-order valence-electron chi connectivity index (χ0n) is 17.3. The fraction of sp³-hybridized carbons (Fsp3) is 0.350. The van der Waals surface area contributed by atoms with Gasteiger partial charge in [0.1, 0.15) is 5.75 Å². The minimum Gasteiger partial charge on any atom is -0.496 e. The van der Waals surface area contributed by atoms with Crippen LogP contribution in [0.1, 0.15) is 30.1 Å². The molecular formula is C20H25N3O6S2. The highest BCUT2D eigenvalue weighted by Gasteiger charge is 2.27. The fourth-order valence-electron chi connectivity index (χ4n) is 3.27. The van der Waals surface area contributed by atoms with Crippen LogP contribution < -0.4 is 14.8 Å². The van der Waals surface area contributed by atoms with Crippen molar-refractivity contribution in [1.82, 2.24) is 9.62 Å². The molecule has 2 aromatic rings.